The summed E-state index contributed by atoms with van der Waals surface area (Å²) >= 11 is 0. The molecule has 0 aliphatic carbocycles. The predicted octanol–water partition coefficient (Wildman–Crippen LogP) is 1.70. The lowest BCUT2D eigenvalue weighted by atomic mass is 10.3. The molecule has 0 fully saturated rings. The van der Waals surface area contributed by atoms with E-state index < -0.39 is 0 Å². The van der Waals surface area contributed by atoms with Crippen LogP contribution in [0.25, 0.3) is 10.4 Å². The van der Waals surface area contributed by atoms with E-state index >= 15 is 0 Å². The summed E-state index contributed by atoms with van der Waals surface area (Å²) in [4.78, 5) is 13.2. The van der Waals surface area contributed by atoms with Gasteiger partial charge < -0.3 is 9.47 Å². The van der Waals surface area contributed by atoms with Crippen molar-refractivity contribution in [3.05, 3.63) is 10.4 Å². The van der Waals surface area contributed by atoms with Gasteiger partial charge in [0.2, 0.25) is 0 Å². The molecular formula is C9H17N3O3. The van der Waals surface area contributed by atoms with Gasteiger partial charge in [-0.2, -0.15) is 0 Å². The molecule has 0 N–H and O–H groups in total. The second-order valence-electron chi connectivity index (χ2n) is 3.16. The Balaban J connectivity index is 3.28. The third-order valence-electron chi connectivity index (χ3n) is 1.61. The molecule has 0 radical (unpaired) electrons. The van der Waals surface area contributed by atoms with E-state index in [2.05, 4.69) is 10.0 Å². The molecule has 0 rings (SSSR count). The molecule has 0 saturated carbocycles. The first-order valence-electron chi connectivity index (χ1n) is 4.86. The Bertz CT molecular complexity index is 227. The minimum absolute atomic E-state index is 0.0459. The maximum absolute atomic E-state index is 10.6. The van der Waals surface area contributed by atoms with Gasteiger partial charge in [-0.05, 0) is 19.4 Å². The van der Waals surface area contributed by atoms with Crippen LogP contribution in [0.15, 0.2) is 5.11 Å². The zero-order valence-electron chi connectivity index (χ0n) is 9.18. The number of carbonyl (C=O) groups excluding carboxylic acids is 1. The molecular weight excluding hydrogens is 198 g/mol. The van der Waals surface area contributed by atoms with Gasteiger partial charge in [0.05, 0.1) is 25.9 Å². The predicted molar refractivity (Wildman–Crippen MR) is 55.5 cm³/mol. The molecule has 1 atom stereocenters. The van der Waals surface area contributed by atoms with E-state index in [1.54, 1.807) is 0 Å². The zero-order valence-corrected chi connectivity index (χ0v) is 9.18. The minimum Gasteiger partial charge on any atom is -0.379 e. The Morgan fingerprint density at radius 3 is 2.87 bits per heavy atom. The minimum atomic E-state index is -0.0459. The Kier molecular flexibility index (Phi) is 8.76. The molecule has 1 unspecified atom stereocenters. The van der Waals surface area contributed by atoms with Gasteiger partial charge in [0.1, 0.15) is 5.78 Å². The van der Waals surface area contributed by atoms with Crippen LogP contribution in [-0.4, -0.2) is 38.3 Å². The number of azide groups is 1. The van der Waals surface area contributed by atoms with E-state index in [0.717, 1.165) is 0 Å². The third kappa shape index (κ3) is 10.8. The summed E-state index contributed by atoms with van der Waals surface area (Å²) in [5.74, 6) is 0.117. The van der Waals surface area contributed by atoms with Crippen LogP contribution in [0.4, 0.5) is 0 Å². The number of carbonyl (C=O) groups is 1. The van der Waals surface area contributed by atoms with E-state index in [4.69, 9.17) is 15.0 Å². The highest BCUT2D eigenvalue weighted by molar-refractivity contribution is 5.75. The number of ether oxygens (including phenoxy) is 2. The average Bonchev–Trinajstić information content (AvgIpc) is 2.17. The maximum Gasteiger partial charge on any atom is 0.132 e. The molecule has 15 heavy (non-hydrogen) atoms. The Labute approximate surface area is 89.2 Å². The second kappa shape index (κ2) is 9.45. The highest BCUT2D eigenvalue weighted by Gasteiger charge is 2.02. The van der Waals surface area contributed by atoms with Crippen molar-refractivity contribution >= 4 is 5.78 Å². The molecule has 0 saturated heterocycles. The quantitative estimate of drug-likeness (QED) is 0.254. The summed E-state index contributed by atoms with van der Waals surface area (Å²) in [6, 6.07) is 0. The molecule has 0 aromatic carbocycles. The second-order valence-corrected chi connectivity index (χ2v) is 3.16. The Morgan fingerprint density at radius 1 is 1.53 bits per heavy atom. The fourth-order valence-corrected chi connectivity index (χ4v) is 0.851. The van der Waals surface area contributed by atoms with Gasteiger partial charge in [0, 0.05) is 17.9 Å². The van der Waals surface area contributed by atoms with Gasteiger partial charge in [0.25, 0.3) is 0 Å². The topological polar surface area (TPSA) is 84.3 Å². The first kappa shape index (κ1) is 13.9. The lowest BCUT2D eigenvalue weighted by Gasteiger charge is -2.12. The van der Waals surface area contributed by atoms with Crippen molar-refractivity contribution in [2.75, 3.05) is 26.4 Å². The summed E-state index contributed by atoms with van der Waals surface area (Å²) in [5.41, 5.74) is 7.99. The SMILES string of the molecule is CC(=O)CCOC(C)COCCN=[N+]=[N-]. The largest absolute Gasteiger partial charge is 0.379 e. The molecule has 0 aromatic heterocycles. The summed E-state index contributed by atoms with van der Waals surface area (Å²) in [7, 11) is 0. The van der Waals surface area contributed by atoms with E-state index in [9.17, 15) is 4.79 Å². The lowest BCUT2D eigenvalue weighted by molar-refractivity contribution is -0.118. The molecule has 0 heterocycles. The first-order chi connectivity index (χ1) is 7.16. The summed E-state index contributed by atoms with van der Waals surface area (Å²) in [6.45, 7) is 4.99. The van der Waals surface area contributed by atoms with Gasteiger partial charge >= 0.3 is 0 Å². The van der Waals surface area contributed by atoms with Crippen LogP contribution in [0.3, 0.4) is 0 Å². The monoisotopic (exact) mass is 215 g/mol. The lowest BCUT2D eigenvalue weighted by Crippen LogP contribution is -2.18. The van der Waals surface area contributed by atoms with Crippen LogP contribution in [-0.2, 0) is 14.3 Å². The van der Waals surface area contributed by atoms with E-state index in [-0.39, 0.29) is 11.9 Å². The number of hydrogen-bond acceptors (Lipinski definition) is 4. The Morgan fingerprint density at radius 2 is 2.27 bits per heavy atom. The normalized spacial score (nSPS) is 11.9. The fourth-order valence-electron chi connectivity index (χ4n) is 0.851. The molecule has 86 valence electrons. The van der Waals surface area contributed by atoms with Crippen LogP contribution in [0.2, 0.25) is 0 Å². The number of rotatable bonds is 9. The van der Waals surface area contributed by atoms with E-state index in [1.807, 2.05) is 6.92 Å². The molecule has 6 nitrogen and oxygen atoms in total. The molecule has 6 heteroatoms. The van der Waals surface area contributed by atoms with Crippen LogP contribution in [0.1, 0.15) is 20.3 Å². The van der Waals surface area contributed by atoms with Crippen LogP contribution >= 0.6 is 0 Å². The fraction of sp³-hybridized carbons (Fsp3) is 0.889. The van der Waals surface area contributed by atoms with E-state index in [1.165, 1.54) is 6.92 Å². The van der Waals surface area contributed by atoms with Crippen molar-refractivity contribution in [3.63, 3.8) is 0 Å². The average molecular weight is 215 g/mol. The molecule has 0 amide bonds. The van der Waals surface area contributed by atoms with Gasteiger partial charge in [0.15, 0.2) is 0 Å². The highest BCUT2D eigenvalue weighted by atomic mass is 16.5. The van der Waals surface area contributed by atoms with Gasteiger partial charge in [-0.15, -0.1) is 0 Å². The smallest absolute Gasteiger partial charge is 0.132 e. The van der Waals surface area contributed by atoms with Crippen LogP contribution in [0, 0.1) is 0 Å². The standard InChI is InChI=1S/C9H17N3O3/c1-8(13)3-5-15-9(2)7-14-6-4-11-12-10/h9H,3-7H2,1-2H3. The number of ketones is 1. The molecule has 0 spiro atoms. The first-order valence-corrected chi connectivity index (χ1v) is 4.86. The summed E-state index contributed by atoms with van der Waals surface area (Å²) < 4.78 is 10.5. The Hall–Kier alpha value is -1.10. The maximum atomic E-state index is 10.6. The molecule has 0 aromatic rings. The highest BCUT2D eigenvalue weighted by Crippen LogP contribution is 1.94. The number of Topliss-reactive ketones (excluding diaryl/α,β-unsaturated/α-hetero) is 1. The summed E-state index contributed by atoms with van der Waals surface area (Å²) in [5, 5.41) is 3.32. The van der Waals surface area contributed by atoms with Crippen LogP contribution in [0.5, 0.6) is 0 Å². The van der Waals surface area contributed by atoms with Crippen molar-refractivity contribution in [3.8, 4) is 0 Å². The van der Waals surface area contributed by atoms with Crippen molar-refractivity contribution < 1.29 is 14.3 Å². The molecule has 0 bridgehead atoms. The van der Waals surface area contributed by atoms with Crippen molar-refractivity contribution in [1.82, 2.24) is 0 Å². The van der Waals surface area contributed by atoms with Crippen LogP contribution < -0.4 is 0 Å². The third-order valence-corrected chi connectivity index (χ3v) is 1.61. The molecule has 0 aliphatic heterocycles. The van der Waals surface area contributed by atoms with Crippen molar-refractivity contribution in [1.29, 1.82) is 0 Å². The van der Waals surface area contributed by atoms with Crippen molar-refractivity contribution in [2.45, 2.75) is 26.4 Å². The molecule has 0 aliphatic rings. The zero-order chi connectivity index (χ0) is 11.5. The van der Waals surface area contributed by atoms with Crippen molar-refractivity contribution in [2.24, 2.45) is 5.11 Å². The van der Waals surface area contributed by atoms with Gasteiger partial charge in [-0.1, -0.05) is 5.11 Å². The summed E-state index contributed by atoms with van der Waals surface area (Å²) in [6.07, 6.45) is 0.388. The number of hydrogen-bond donors (Lipinski definition) is 0. The van der Waals surface area contributed by atoms with Gasteiger partial charge in [-0.3, -0.25) is 4.79 Å². The number of nitrogens with zero attached hydrogens (tertiary/aromatic N) is 3. The van der Waals surface area contributed by atoms with Gasteiger partial charge in [-0.25, -0.2) is 0 Å². The van der Waals surface area contributed by atoms with E-state index in [0.29, 0.717) is 32.8 Å².